The second-order valence-corrected chi connectivity index (χ2v) is 5.52. The monoisotopic (exact) mass is 303 g/mol. The van der Waals surface area contributed by atoms with Crippen molar-refractivity contribution in [3.8, 4) is 0 Å². The van der Waals surface area contributed by atoms with Crippen molar-refractivity contribution in [1.82, 2.24) is 25.5 Å². The van der Waals surface area contributed by atoms with E-state index in [2.05, 4.69) is 20.8 Å². The van der Waals surface area contributed by atoms with Gasteiger partial charge in [0.25, 0.3) is 5.91 Å². The van der Waals surface area contributed by atoms with Crippen molar-refractivity contribution in [3.05, 3.63) is 41.5 Å². The third-order valence-electron chi connectivity index (χ3n) is 4.00. The summed E-state index contributed by atoms with van der Waals surface area (Å²) in [6.45, 7) is 0.264. The summed E-state index contributed by atoms with van der Waals surface area (Å²) < 4.78 is 14.7. The van der Waals surface area contributed by atoms with Gasteiger partial charge in [-0.25, -0.2) is 9.07 Å². The molecule has 0 unspecified atom stereocenters. The third-order valence-corrected chi connectivity index (χ3v) is 4.00. The number of rotatable bonds is 4. The Morgan fingerprint density at radius 3 is 2.68 bits per heavy atom. The Labute approximate surface area is 127 Å². The molecule has 1 heterocycles. The minimum Gasteiger partial charge on any atom is -0.345 e. The van der Waals surface area contributed by atoms with E-state index in [1.807, 2.05) is 4.68 Å². The Balaban J connectivity index is 1.63. The van der Waals surface area contributed by atoms with Crippen LogP contribution < -0.4 is 5.32 Å². The lowest BCUT2D eigenvalue weighted by atomic mass is 9.95. The van der Waals surface area contributed by atoms with Crippen LogP contribution in [0.1, 0.15) is 54.3 Å². The first-order valence-corrected chi connectivity index (χ1v) is 7.54. The first kappa shape index (κ1) is 14.6. The average molecular weight is 303 g/mol. The first-order valence-electron chi connectivity index (χ1n) is 7.54. The molecule has 1 aromatic heterocycles. The molecule has 0 bridgehead atoms. The van der Waals surface area contributed by atoms with Gasteiger partial charge >= 0.3 is 0 Å². The number of hydrogen-bond donors (Lipinski definition) is 1. The number of tetrazole rings is 1. The second kappa shape index (κ2) is 6.64. The van der Waals surface area contributed by atoms with Crippen molar-refractivity contribution in [2.24, 2.45) is 0 Å². The van der Waals surface area contributed by atoms with Gasteiger partial charge < -0.3 is 5.32 Å². The molecule has 1 aliphatic carbocycles. The highest BCUT2D eigenvalue weighted by Gasteiger charge is 2.20. The molecule has 0 radical (unpaired) electrons. The van der Waals surface area contributed by atoms with Crippen molar-refractivity contribution in [3.63, 3.8) is 0 Å². The minimum absolute atomic E-state index is 0.264. The summed E-state index contributed by atoms with van der Waals surface area (Å²) in [5.41, 5.74) is 0.415. The van der Waals surface area contributed by atoms with Gasteiger partial charge in [0, 0.05) is 5.56 Å². The van der Waals surface area contributed by atoms with E-state index < -0.39 is 0 Å². The molecule has 0 spiro atoms. The van der Waals surface area contributed by atoms with Crippen molar-refractivity contribution in [2.45, 2.75) is 44.7 Å². The fraction of sp³-hybridized carbons (Fsp3) is 0.467. The standard InChI is InChI=1S/C15H18FN5O/c16-12-8-6-11(7-9-12)15(22)17-10-14-18-19-20-21(14)13-4-2-1-3-5-13/h6-9,13H,1-5,10H2,(H,17,22). The van der Waals surface area contributed by atoms with Gasteiger partial charge in [-0.15, -0.1) is 5.10 Å². The molecule has 0 aliphatic heterocycles. The third kappa shape index (κ3) is 3.29. The van der Waals surface area contributed by atoms with Crippen LogP contribution in [0.4, 0.5) is 4.39 Å². The molecule has 0 atom stereocenters. The number of carbonyl (C=O) groups excluding carboxylic acids is 1. The summed E-state index contributed by atoms with van der Waals surface area (Å²) in [5, 5.41) is 14.6. The minimum atomic E-state index is -0.363. The van der Waals surface area contributed by atoms with E-state index in [0.29, 0.717) is 17.4 Å². The highest BCUT2D eigenvalue weighted by atomic mass is 19.1. The van der Waals surface area contributed by atoms with Crippen LogP contribution in [0, 0.1) is 5.82 Å². The van der Waals surface area contributed by atoms with Gasteiger partial charge in [-0.3, -0.25) is 4.79 Å². The van der Waals surface area contributed by atoms with Crippen LogP contribution in [0.2, 0.25) is 0 Å². The quantitative estimate of drug-likeness (QED) is 0.940. The van der Waals surface area contributed by atoms with Crippen LogP contribution in [0.5, 0.6) is 0 Å². The van der Waals surface area contributed by atoms with Crippen LogP contribution in [0.3, 0.4) is 0 Å². The van der Waals surface area contributed by atoms with Gasteiger partial charge in [0.2, 0.25) is 0 Å². The lowest BCUT2D eigenvalue weighted by molar-refractivity contribution is 0.0948. The zero-order valence-corrected chi connectivity index (χ0v) is 12.2. The molecule has 0 saturated heterocycles. The predicted molar refractivity (Wildman–Crippen MR) is 77.5 cm³/mol. The van der Waals surface area contributed by atoms with Crippen molar-refractivity contribution < 1.29 is 9.18 Å². The van der Waals surface area contributed by atoms with Crippen molar-refractivity contribution in [2.75, 3.05) is 0 Å². The van der Waals surface area contributed by atoms with E-state index in [0.717, 1.165) is 12.8 Å². The van der Waals surface area contributed by atoms with E-state index in [1.54, 1.807) is 0 Å². The fourth-order valence-electron chi connectivity index (χ4n) is 2.80. The molecule has 1 aromatic carbocycles. The summed E-state index contributed by atoms with van der Waals surface area (Å²) in [5.74, 6) is 0.0262. The van der Waals surface area contributed by atoms with E-state index >= 15 is 0 Å². The summed E-state index contributed by atoms with van der Waals surface area (Å²) >= 11 is 0. The summed E-state index contributed by atoms with van der Waals surface area (Å²) in [6, 6.07) is 5.76. The number of benzene rings is 1. The predicted octanol–water partition coefficient (Wildman–Crippen LogP) is 2.25. The van der Waals surface area contributed by atoms with Crippen molar-refractivity contribution >= 4 is 5.91 Å². The molecule has 22 heavy (non-hydrogen) atoms. The number of aromatic nitrogens is 4. The van der Waals surface area contributed by atoms with Gasteiger partial charge in [-0.1, -0.05) is 19.3 Å². The molecule has 1 fully saturated rings. The normalized spacial score (nSPS) is 15.7. The Hall–Kier alpha value is -2.31. The number of nitrogens with one attached hydrogen (secondary N) is 1. The van der Waals surface area contributed by atoms with E-state index in [-0.39, 0.29) is 18.3 Å². The molecular formula is C15H18FN5O. The van der Waals surface area contributed by atoms with Gasteiger partial charge in [0.15, 0.2) is 5.82 Å². The molecule has 116 valence electrons. The number of hydrogen-bond acceptors (Lipinski definition) is 4. The maximum Gasteiger partial charge on any atom is 0.251 e. The molecule has 1 saturated carbocycles. The molecule has 2 aromatic rings. The second-order valence-electron chi connectivity index (χ2n) is 5.52. The number of halogens is 1. The zero-order chi connectivity index (χ0) is 15.4. The van der Waals surface area contributed by atoms with Crippen LogP contribution >= 0.6 is 0 Å². The smallest absolute Gasteiger partial charge is 0.251 e. The molecule has 1 aliphatic rings. The Morgan fingerprint density at radius 1 is 1.23 bits per heavy atom. The average Bonchev–Trinajstić information content (AvgIpc) is 3.02. The Morgan fingerprint density at radius 2 is 1.95 bits per heavy atom. The summed E-state index contributed by atoms with van der Waals surface area (Å²) in [7, 11) is 0. The van der Waals surface area contributed by atoms with Gasteiger partial charge in [0.1, 0.15) is 5.82 Å². The highest BCUT2D eigenvalue weighted by Crippen LogP contribution is 2.27. The molecular weight excluding hydrogens is 285 g/mol. The highest BCUT2D eigenvalue weighted by molar-refractivity contribution is 5.94. The molecule has 7 heteroatoms. The number of carbonyl (C=O) groups is 1. The van der Waals surface area contributed by atoms with Crippen LogP contribution in [0.15, 0.2) is 24.3 Å². The Kier molecular flexibility index (Phi) is 4.41. The maximum absolute atomic E-state index is 12.9. The fourth-order valence-corrected chi connectivity index (χ4v) is 2.80. The topological polar surface area (TPSA) is 72.7 Å². The van der Waals surface area contributed by atoms with Gasteiger partial charge in [0.05, 0.1) is 12.6 Å². The Bertz CT molecular complexity index is 634. The largest absolute Gasteiger partial charge is 0.345 e. The van der Waals surface area contributed by atoms with E-state index in [1.165, 1.54) is 43.5 Å². The summed E-state index contributed by atoms with van der Waals surface area (Å²) in [6.07, 6.45) is 5.78. The van der Waals surface area contributed by atoms with E-state index in [9.17, 15) is 9.18 Å². The number of nitrogens with zero attached hydrogens (tertiary/aromatic N) is 4. The first-order chi connectivity index (χ1) is 10.7. The SMILES string of the molecule is O=C(NCc1nnnn1C1CCCCC1)c1ccc(F)cc1. The maximum atomic E-state index is 12.9. The van der Waals surface area contributed by atoms with Crippen LogP contribution in [-0.4, -0.2) is 26.1 Å². The molecule has 3 rings (SSSR count). The van der Waals surface area contributed by atoms with E-state index in [4.69, 9.17) is 0 Å². The van der Waals surface area contributed by atoms with Gasteiger partial charge in [-0.05, 0) is 47.5 Å². The molecule has 6 nitrogen and oxygen atoms in total. The summed E-state index contributed by atoms with van der Waals surface area (Å²) in [4.78, 5) is 12.0. The van der Waals surface area contributed by atoms with Gasteiger partial charge in [-0.2, -0.15) is 0 Å². The molecule has 1 amide bonds. The van der Waals surface area contributed by atoms with Crippen LogP contribution in [0.25, 0.3) is 0 Å². The lowest BCUT2D eigenvalue weighted by Crippen LogP contribution is -2.26. The van der Waals surface area contributed by atoms with Crippen LogP contribution in [-0.2, 0) is 6.54 Å². The zero-order valence-electron chi connectivity index (χ0n) is 12.2. The lowest BCUT2D eigenvalue weighted by Gasteiger charge is -2.22. The van der Waals surface area contributed by atoms with Crippen molar-refractivity contribution in [1.29, 1.82) is 0 Å². The number of amides is 1. The molecule has 1 N–H and O–H groups in total.